The predicted molar refractivity (Wildman–Crippen MR) is 130 cm³/mol. The van der Waals surface area contributed by atoms with Gasteiger partial charge < -0.3 is 0 Å². The van der Waals surface area contributed by atoms with Gasteiger partial charge in [0, 0.05) is 5.33 Å². The molecule has 4 aliphatic carbocycles. The second-order valence-electron chi connectivity index (χ2n) is 4.55. The number of allylic oxidation sites excluding steroid dienone is 16. The molecule has 4 aliphatic rings. The van der Waals surface area contributed by atoms with Crippen molar-refractivity contribution in [3.8, 4) is 0 Å². The van der Waals surface area contributed by atoms with Gasteiger partial charge in [-0.3, -0.25) is 24.3 Å². The largest absolute Gasteiger partial charge is 2.00 e. The van der Waals surface area contributed by atoms with Crippen molar-refractivity contribution in [1.82, 2.24) is 0 Å². The third-order valence-corrected chi connectivity index (χ3v) is 2.34. The molecule has 0 bridgehead atoms. The molecule has 0 N–H and O–H groups in total. The Balaban J connectivity index is -0.000000124. The maximum Gasteiger partial charge on any atom is 2.00 e. The van der Waals surface area contributed by atoms with Crippen LogP contribution in [0.4, 0.5) is 0 Å². The van der Waals surface area contributed by atoms with E-state index < -0.39 is 0 Å². The van der Waals surface area contributed by atoms with Crippen LogP contribution >= 0.6 is 38.5 Å². The minimum Gasteiger partial charge on any atom is -0.273 e. The molecule has 0 amide bonds. The summed E-state index contributed by atoms with van der Waals surface area (Å²) in [4.78, 5) is 0. The van der Waals surface area contributed by atoms with E-state index in [4.69, 9.17) is 0 Å². The molecule has 0 aromatic heterocycles. The Hall–Kier alpha value is 0.896. The van der Waals surface area contributed by atoms with E-state index in [0.717, 1.165) is 31.0 Å². The zero-order chi connectivity index (χ0) is 19.6. The Morgan fingerprint density at radius 1 is 0.643 bits per heavy atom. The van der Waals surface area contributed by atoms with Crippen molar-refractivity contribution in [3.63, 3.8) is 0 Å². The Kier molecular flexibility index (Phi) is 49.9. The normalized spacial score (nSPS) is 13.9. The van der Waals surface area contributed by atoms with Gasteiger partial charge in [-0.15, -0.1) is 25.7 Å². The molecule has 28 heavy (non-hydrogen) atoms. The molecule has 0 aliphatic heterocycles. The molecule has 4 rings (SSSR count). The standard InChI is InChI=1S/4C5H5.C2H5Br.C2H5I.2Zr/c4*1-2-4-5-3-1;2*1-2-3;;/h4*1-3H,4H2;2*2H2,1H3;;/q4*-1;;;2*+2. The zero-order valence-electron chi connectivity index (χ0n) is 16.9. The minimum atomic E-state index is 0. The summed E-state index contributed by atoms with van der Waals surface area (Å²) >= 11 is 5.43. The van der Waals surface area contributed by atoms with Crippen molar-refractivity contribution in [1.29, 1.82) is 0 Å². The van der Waals surface area contributed by atoms with Gasteiger partial charge in [-0.25, -0.2) is 48.6 Å². The number of hydrogen-bond donors (Lipinski definition) is 0. The van der Waals surface area contributed by atoms with Crippen LogP contribution in [0.3, 0.4) is 0 Å². The first kappa shape index (κ1) is 36.3. The number of halogens is 2. The third-order valence-electron chi connectivity index (χ3n) is 2.34. The molecule has 0 radical (unpaired) electrons. The maximum atomic E-state index is 3.15. The van der Waals surface area contributed by atoms with Gasteiger partial charge in [0.15, 0.2) is 0 Å². The second kappa shape index (κ2) is 38.5. The van der Waals surface area contributed by atoms with Gasteiger partial charge in [-0.1, -0.05) is 52.4 Å². The van der Waals surface area contributed by atoms with Crippen LogP contribution < -0.4 is 0 Å². The van der Waals surface area contributed by atoms with E-state index in [1.807, 2.05) is 55.5 Å². The van der Waals surface area contributed by atoms with Gasteiger partial charge in [0.25, 0.3) is 0 Å². The first-order chi connectivity index (χ1) is 12.8. The number of alkyl halides is 2. The first-order valence-corrected chi connectivity index (χ1v) is 11.5. The molecular formula is C24H30BrIZr2. The SMILES string of the molecule is CCBr.CCI.[C-]1=CC=CC1.[C-]1=CC=CC1.[C-]1=CC=CC1.[C-]1=CC=CC1.[Zr+2].[Zr+2]. The molecule has 0 fully saturated rings. The van der Waals surface area contributed by atoms with Gasteiger partial charge in [0.05, 0.1) is 0 Å². The minimum absolute atomic E-state index is 0. The van der Waals surface area contributed by atoms with Crippen molar-refractivity contribution in [3.05, 3.63) is 97.2 Å². The number of hydrogen-bond acceptors (Lipinski definition) is 0. The molecule has 0 saturated carbocycles. The predicted octanol–water partition coefficient (Wildman–Crippen LogP) is 8.06. The second-order valence-corrected chi connectivity index (χ2v) is 7.19. The third kappa shape index (κ3) is 41.3. The summed E-state index contributed by atoms with van der Waals surface area (Å²) in [6.07, 6.45) is 40.0. The zero-order valence-corrected chi connectivity index (χ0v) is 25.6. The summed E-state index contributed by atoms with van der Waals surface area (Å²) in [5.74, 6) is 0. The van der Waals surface area contributed by atoms with Crippen LogP contribution in [0.2, 0.25) is 0 Å². The molecule has 0 nitrogen and oxygen atoms in total. The van der Waals surface area contributed by atoms with E-state index in [2.05, 4.69) is 94.1 Å². The van der Waals surface area contributed by atoms with Crippen molar-refractivity contribution in [2.75, 3.05) is 9.76 Å². The smallest absolute Gasteiger partial charge is 0.273 e. The van der Waals surface area contributed by atoms with Crippen molar-refractivity contribution >= 4 is 38.5 Å². The van der Waals surface area contributed by atoms with Gasteiger partial charge in [-0.05, 0) is 4.43 Å². The molecular weight excluding hydrogens is 678 g/mol. The van der Waals surface area contributed by atoms with Crippen molar-refractivity contribution < 1.29 is 52.4 Å². The van der Waals surface area contributed by atoms with Crippen LogP contribution in [0.5, 0.6) is 0 Å². The van der Waals surface area contributed by atoms with Crippen LogP contribution in [0.15, 0.2) is 72.9 Å². The summed E-state index contributed by atoms with van der Waals surface area (Å²) in [7, 11) is 0. The molecule has 0 heterocycles. The van der Waals surface area contributed by atoms with Crippen molar-refractivity contribution in [2.24, 2.45) is 0 Å². The molecule has 0 aromatic rings. The summed E-state index contributed by atoms with van der Waals surface area (Å²) in [6.45, 7) is 4.15. The summed E-state index contributed by atoms with van der Waals surface area (Å²) in [5, 5.41) is 1.06. The fourth-order valence-electron chi connectivity index (χ4n) is 1.36. The first-order valence-electron chi connectivity index (χ1n) is 8.82. The van der Waals surface area contributed by atoms with Gasteiger partial charge in [0.2, 0.25) is 0 Å². The average molecular weight is 708 g/mol. The molecule has 0 aromatic carbocycles. The summed E-state index contributed by atoms with van der Waals surface area (Å²) in [6, 6.07) is 0. The van der Waals surface area contributed by atoms with Crippen LogP contribution in [-0.4, -0.2) is 9.76 Å². The van der Waals surface area contributed by atoms with E-state index in [0.29, 0.717) is 0 Å². The average Bonchev–Trinajstić information content (AvgIpc) is 3.53. The van der Waals surface area contributed by atoms with Crippen molar-refractivity contribution in [2.45, 2.75) is 39.5 Å². The van der Waals surface area contributed by atoms with E-state index in [9.17, 15) is 0 Å². The van der Waals surface area contributed by atoms with Gasteiger partial charge >= 0.3 is 52.4 Å². The van der Waals surface area contributed by atoms with Gasteiger partial charge in [0.1, 0.15) is 0 Å². The van der Waals surface area contributed by atoms with E-state index in [-0.39, 0.29) is 52.4 Å². The number of rotatable bonds is 0. The monoisotopic (exact) mass is 704 g/mol. The Labute approximate surface area is 234 Å². The summed E-state index contributed by atoms with van der Waals surface area (Å²) in [5.41, 5.74) is 0. The van der Waals surface area contributed by atoms with E-state index in [1.54, 1.807) is 0 Å². The van der Waals surface area contributed by atoms with E-state index >= 15 is 0 Å². The topological polar surface area (TPSA) is 0 Å². The van der Waals surface area contributed by atoms with Crippen LogP contribution in [0.25, 0.3) is 0 Å². The van der Waals surface area contributed by atoms with Crippen LogP contribution in [-0.2, 0) is 52.4 Å². The molecule has 0 atom stereocenters. The fourth-order valence-corrected chi connectivity index (χ4v) is 1.36. The molecule has 0 unspecified atom stereocenters. The summed E-state index contributed by atoms with van der Waals surface area (Å²) < 4.78 is 1.22. The molecule has 4 heteroatoms. The Bertz CT molecular complexity index is 369. The quantitative estimate of drug-likeness (QED) is 0.136. The molecule has 0 spiro atoms. The van der Waals surface area contributed by atoms with Crippen LogP contribution in [0.1, 0.15) is 39.5 Å². The molecule has 0 saturated heterocycles. The maximum absolute atomic E-state index is 3.15. The van der Waals surface area contributed by atoms with Crippen LogP contribution in [0, 0.1) is 24.3 Å². The van der Waals surface area contributed by atoms with Gasteiger partial charge in [-0.2, -0.15) is 24.3 Å². The Morgan fingerprint density at radius 2 is 0.821 bits per heavy atom. The Morgan fingerprint density at radius 3 is 0.857 bits per heavy atom. The van der Waals surface area contributed by atoms with E-state index in [1.165, 1.54) is 4.43 Å². The fraction of sp³-hybridized carbons (Fsp3) is 0.333. The molecule has 148 valence electrons.